The van der Waals surface area contributed by atoms with Crippen molar-refractivity contribution in [3.05, 3.63) is 60.8 Å². The number of hydrogen-bond acceptors (Lipinski definition) is 8. The molecule has 0 aromatic carbocycles. The van der Waals surface area contributed by atoms with Gasteiger partial charge in [0.2, 0.25) is 0 Å². The van der Waals surface area contributed by atoms with Crippen LogP contribution in [-0.2, 0) is 32.7 Å². The van der Waals surface area contributed by atoms with E-state index in [2.05, 4.69) is 74.6 Å². The van der Waals surface area contributed by atoms with Gasteiger partial charge in [-0.3, -0.25) is 14.2 Å². The van der Waals surface area contributed by atoms with Crippen LogP contribution < -0.4 is 4.89 Å². The van der Waals surface area contributed by atoms with Gasteiger partial charge in [-0.15, -0.1) is 0 Å². The smallest absolute Gasteiger partial charge is 0.306 e. The molecule has 0 aliphatic carbocycles. The number of unbranched alkanes of at least 4 members (excludes halogenated alkanes) is 39. The number of phosphoric ester groups is 1. The summed E-state index contributed by atoms with van der Waals surface area (Å²) in [5, 5.41) is 0. The van der Waals surface area contributed by atoms with Gasteiger partial charge in [-0.1, -0.05) is 293 Å². The second-order valence-corrected chi connectivity index (χ2v) is 25.6. The van der Waals surface area contributed by atoms with Gasteiger partial charge in [0.1, 0.15) is 19.8 Å². The Morgan fingerprint density at radius 1 is 0.400 bits per heavy atom. The van der Waals surface area contributed by atoms with E-state index in [1.54, 1.807) is 0 Å². The lowest BCUT2D eigenvalue weighted by molar-refractivity contribution is -0.870. The molecule has 0 radical (unpaired) electrons. The zero-order valence-electron chi connectivity index (χ0n) is 53.3. The summed E-state index contributed by atoms with van der Waals surface area (Å²) in [5.74, 6) is -0.826. The fourth-order valence-corrected chi connectivity index (χ4v) is 10.6. The lowest BCUT2D eigenvalue weighted by Gasteiger charge is -2.28. The standard InChI is InChI=1S/C70H130NO8P/c1-6-8-10-12-14-16-18-20-22-24-26-28-30-31-32-33-34-35-36-37-38-39-41-42-44-46-48-50-52-54-56-58-60-62-69(72)76-66-68(67-78-80(74,75)77-65-64-71(3,4)5)79-70(73)63-61-59-57-55-53-51-49-47-45-43-40-29-27-25-23-21-19-17-15-13-11-9-7-2/h9,11,15,17,21,23-24,26-27,29,68H,6-8,10,12-14,16,18-20,22,25,28,30-67H2,1-5H3/b11-9-,17-15-,23-21-,26-24-,29-27-. The van der Waals surface area contributed by atoms with Crippen LogP contribution in [0.3, 0.4) is 0 Å². The van der Waals surface area contributed by atoms with E-state index in [1.807, 2.05) is 21.1 Å². The van der Waals surface area contributed by atoms with E-state index >= 15 is 0 Å². The highest BCUT2D eigenvalue weighted by molar-refractivity contribution is 7.45. The first-order chi connectivity index (χ1) is 39.0. The Bertz CT molecular complexity index is 1530. The van der Waals surface area contributed by atoms with Crippen LogP contribution in [0, 0.1) is 0 Å². The normalized spacial score (nSPS) is 13.5. The molecule has 0 rings (SSSR count). The largest absolute Gasteiger partial charge is 0.756 e. The van der Waals surface area contributed by atoms with E-state index in [0.717, 1.165) is 70.6 Å². The van der Waals surface area contributed by atoms with Crippen LogP contribution in [0.2, 0.25) is 0 Å². The van der Waals surface area contributed by atoms with Crippen molar-refractivity contribution < 1.29 is 42.1 Å². The van der Waals surface area contributed by atoms with Gasteiger partial charge in [0.25, 0.3) is 7.82 Å². The van der Waals surface area contributed by atoms with Crippen LogP contribution in [-0.4, -0.2) is 70.0 Å². The number of nitrogens with zero attached hydrogens (tertiary/aromatic N) is 1. The highest BCUT2D eigenvalue weighted by Gasteiger charge is 2.22. The molecule has 468 valence electrons. The summed E-state index contributed by atoms with van der Waals surface area (Å²) in [6.07, 6.45) is 80.2. The van der Waals surface area contributed by atoms with E-state index < -0.39 is 26.5 Å². The predicted molar refractivity (Wildman–Crippen MR) is 342 cm³/mol. The molecular formula is C70H130NO8P. The number of hydrogen-bond donors (Lipinski definition) is 0. The zero-order valence-corrected chi connectivity index (χ0v) is 54.2. The maximum Gasteiger partial charge on any atom is 0.306 e. The maximum atomic E-state index is 12.8. The van der Waals surface area contributed by atoms with Crippen molar-refractivity contribution >= 4 is 19.8 Å². The molecule has 0 bridgehead atoms. The van der Waals surface area contributed by atoms with E-state index in [1.165, 1.54) is 218 Å². The number of phosphoric acid groups is 1. The lowest BCUT2D eigenvalue weighted by Crippen LogP contribution is -2.37. The Morgan fingerprint density at radius 2 is 0.713 bits per heavy atom. The van der Waals surface area contributed by atoms with Crippen LogP contribution in [0.25, 0.3) is 0 Å². The van der Waals surface area contributed by atoms with Crippen LogP contribution in [0.15, 0.2) is 60.8 Å². The Balaban J connectivity index is 4.00. The van der Waals surface area contributed by atoms with Gasteiger partial charge in [-0.25, -0.2) is 0 Å². The molecule has 0 aromatic rings. The molecule has 0 spiro atoms. The molecule has 9 nitrogen and oxygen atoms in total. The number of rotatable bonds is 63. The monoisotopic (exact) mass is 1140 g/mol. The number of carbonyl (C=O) groups excluding carboxylic acids is 2. The van der Waals surface area contributed by atoms with Crippen molar-refractivity contribution in [3.8, 4) is 0 Å². The number of allylic oxidation sites excluding steroid dienone is 10. The molecule has 0 saturated carbocycles. The number of likely N-dealkylation sites (N-methyl/N-ethyl adjacent to an activating group) is 1. The minimum absolute atomic E-state index is 0.0319. The van der Waals surface area contributed by atoms with Crippen molar-refractivity contribution in [1.82, 2.24) is 0 Å². The lowest BCUT2D eigenvalue weighted by atomic mass is 10.0. The highest BCUT2D eigenvalue weighted by atomic mass is 31.2. The third kappa shape index (κ3) is 64.9. The van der Waals surface area contributed by atoms with Crippen LogP contribution in [0.1, 0.15) is 322 Å². The molecule has 0 amide bonds. The van der Waals surface area contributed by atoms with E-state index in [4.69, 9.17) is 18.5 Å². The summed E-state index contributed by atoms with van der Waals surface area (Å²) in [5.41, 5.74) is 0. The topological polar surface area (TPSA) is 111 Å². The molecule has 80 heavy (non-hydrogen) atoms. The van der Waals surface area contributed by atoms with Gasteiger partial charge in [0.15, 0.2) is 6.10 Å². The molecular weight excluding hydrogens is 1010 g/mol. The molecule has 0 fully saturated rings. The average Bonchev–Trinajstić information content (AvgIpc) is 3.42. The Kier molecular flexibility index (Phi) is 59.5. The molecule has 2 unspecified atom stereocenters. The van der Waals surface area contributed by atoms with E-state index in [-0.39, 0.29) is 32.0 Å². The fourth-order valence-electron chi connectivity index (χ4n) is 9.82. The number of ether oxygens (including phenoxy) is 2. The highest BCUT2D eigenvalue weighted by Crippen LogP contribution is 2.38. The molecule has 0 N–H and O–H groups in total. The zero-order chi connectivity index (χ0) is 58.4. The minimum Gasteiger partial charge on any atom is -0.756 e. The summed E-state index contributed by atoms with van der Waals surface area (Å²) in [6, 6.07) is 0. The van der Waals surface area contributed by atoms with Crippen molar-refractivity contribution in [2.24, 2.45) is 0 Å². The molecule has 2 atom stereocenters. The van der Waals surface area contributed by atoms with Gasteiger partial charge in [0, 0.05) is 12.8 Å². The van der Waals surface area contributed by atoms with Crippen molar-refractivity contribution in [3.63, 3.8) is 0 Å². The van der Waals surface area contributed by atoms with Gasteiger partial charge < -0.3 is 27.9 Å². The average molecular weight is 1140 g/mol. The summed E-state index contributed by atoms with van der Waals surface area (Å²) in [4.78, 5) is 38.0. The number of quaternary nitrogens is 1. The van der Waals surface area contributed by atoms with Gasteiger partial charge >= 0.3 is 11.9 Å². The van der Waals surface area contributed by atoms with E-state index in [9.17, 15) is 19.0 Å². The first-order valence-corrected chi connectivity index (χ1v) is 35.5. The molecule has 0 heterocycles. The van der Waals surface area contributed by atoms with Crippen molar-refractivity contribution in [2.45, 2.75) is 328 Å². The first-order valence-electron chi connectivity index (χ1n) is 34.0. The second kappa shape index (κ2) is 61.3. The van der Waals surface area contributed by atoms with Gasteiger partial charge in [-0.05, 0) is 77.0 Å². The van der Waals surface area contributed by atoms with Gasteiger partial charge in [0.05, 0.1) is 27.7 Å². The second-order valence-electron chi connectivity index (χ2n) is 24.2. The van der Waals surface area contributed by atoms with Gasteiger partial charge in [-0.2, -0.15) is 0 Å². The number of carbonyl (C=O) groups is 2. The SMILES string of the molecule is CC/C=C\C/C=C\C/C=C\C/C=C\CCCCCCCCCCCCC(=O)OC(COC(=O)CCCCCCCCCCCCCCCCCCCCCCC/C=C\CCCCCCCCCC)COP(=O)([O-])OCC[N+](C)(C)C. The predicted octanol–water partition coefficient (Wildman–Crippen LogP) is 21.2. The summed E-state index contributed by atoms with van der Waals surface area (Å²) >= 11 is 0. The number of esters is 2. The minimum atomic E-state index is -4.64. The summed E-state index contributed by atoms with van der Waals surface area (Å²) in [6.45, 7) is 4.17. The van der Waals surface area contributed by atoms with E-state index in [0.29, 0.717) is 17.4 Å². The third-order valence-electron chi connectivity index (χ3n) is 15.0. The Hall–Kier alpha value is -2.29. The molecule has 10 heteroatoms. The van der Waals surface area contributed by atoms with Crippen LogP contribution >= 0.6 is 7.82 Å². The molecule has 0 aliphatic heterocycles. The van der Waals surface area contributed by atoms with Crippen molar-refractivity contribution in [1.29, 1.82) is 0 Å². The summed E-state index contributed by atoms with van der Waals surface area (Å²) in [7, 11) is 1.17. The van der Waals surface area contributed by atoms with Crippen LogP contribution in [0.5, 0.6) is 0 Å². The Labute approximate surface area is 496 Å². The maximum absolute atomic E-state index is 12.8. The third-order valence-corrected chi connectivity index (χ3v) is 16.0. The quantitative estimate of drug-likeness (QED) is 0.0195. The first kappa shape index (κ1) is 77.7. The van der Waals surface area contributed by atoms with Crippen LogP contribution in [0.4, 0.5) is 0 Å². The molecule has 0 saturated heterocycles. The molecule has 0 aromatic heterocycles. The van der Waals surface area contributed by atoms with Crippen molar-refractivity contribution in [2.75, 3.05) is 47.5 Å². The summed E-state index contributed by atoms with van der Waals surface area (Å²) < 4.78 is 34.3. The fraction of sp³-hybridized carbons (Fsp3) is 0.829. The Morgan fingerprint density at radius 3 is 1.07 bits per heavy atom. The molecule has 0 aliphatic rings.